The molecule has 0 aliphatic carbocycles. The maximum atomic E-state index is 12.6. The summed E-state index contributed by atoms with van der Waals surface area (Å²) in [6, 6.07) is 0. The van der Waals surface area contributed by atoms with Crippen LogP contribution < -0.4 is 0 Å². The molecule has 0 N–H and O–H groups in total. The summed E-state index contributed by atoms with van der Waals surface area (Å²) in [5.74, 6) is 0.0951. The lowest BCUT2D eigenvalue weighted by Gasteiger charge is -2.34. The van der Waals surface area contributed by atoms with Crippen molar-refractivity contribution in [3.05, 3.63) is 0 Å². The highest BCUT2D eigenvalue weighted by molar-refractivity contribution is 5.80. The highest BCUT2D eigenvalue weighted by Crippen LogP contribution is 2.23. The minimum Gasteiger partial charge on any atom is -0.466 e. The van der Waals surface area contributed by atoms with E-state index in [1.54, 1.807) is 0 Å². The Kier molecular flexibility index (Phi) is 7.63. The van der Waals surface area contributed by atoms with Crippen LogP contribution in [0.4, 0.5) is 0 Å². The van der Waals surface area contributed by atoms with Gasteiger partial charge >= 0.3 is 5.97 Å². The van der Waals surface area contributed by atoms with Gasteiger partial charge in [0.2, 0.25) is 5.91 Å². The summed E-state index contributed by atoms with van der Waals surface area (Å²) in [6.07, 6.45) is 5.71. The molecule has 1 fully saturated rings. The van der Waals surface area contributed by atoms with Crippen molar-refractivity contribution < 1.29 is 14.3 Å². The molecule has 1 heterocycles. The molecular weight excluding hydrogens is 254 g/mol. The number of carbonyl (C=O) groups is 2. The SMILES string of the molecule is CCCC(CCC)C(=O)N1CCC[C@@H](C(=O)OCC)C1. The monoisotopic (exact) mass is 283 g/mol. The molecule has 1 aliphatic rings. The van der Waals surface area contributed by atoms with Crippen LogP contribution in [0, 0.1) is 11.8 Å². The fourth-order valence-electron chi connectivity index (χ4n) is 2.98. The van der Waals surface area contributed by atoms with E-state index in [1.807, 2.05) is 11.8 Å². The van der Waals surface area contributed by atoms with Crippen LogP contribution in [-0.2, 0) is 14.3 Å². The fraction of sp³-hybridized carbons (Fsp3) is 0.875. The van der Waals surface area contributed by atoms with Gasteiger partial charge in [-0.2, -0.15) is 0 Å². The molecule has 116 valence electrons. The first-order valence-corrected chi connectivity index (χ1v) is 8.09. The number of hydrogen-bond acceptors (Lipinski definition) is 3. The third-order valence-electron chi connectivity index (χ3n) is 3.98. The number of hydrogen-bond donors (Lipinski definition) is 0. The van der Waals surface area contributed by atoms with Gasteiger partial charge in [0.25, 0.3) is 0 Å². The zero-order valence-electron chi connectivity index (χ0n) is 13.2. The fourth-order valence-corrected chi connectivity index (χ4v) is 2.98. The van der Waals surface area contributed by atoms with Crippen molar-refractivity contribution in [2.24, 2.45) is 11.8 Å². The van der Waals surface area contributed by atoms with Gasteiger partial charge in [-0.15, -0.1) is 0 Å². The maximum absolute atomic E-state index is 12.6. The molecule has 4 heteroatoms. The Bertz CT molecular complexity index is 311. The smallest absolute Gasteiger partial charge is 0.310 e. The summed E-state index contributed by atoms with van der Waals surface area (Å²) in [5.41, 5.74) is 0. The standard InChI is InChI=1S/C16H29NO3/c1-4-8-13(9-5-2)15(18)17-11-7-10-14(12-17)16(19)20-6-3/h13-14H,4-12H2,1-3H3/t14-/m1/s1. The van der Waals surface area contributed by atoms with Gasteiger partial charge in [0.1, 0.15) is 0 Å². The van der Waals surface area contributed by atoms with Crippen LogP contribution in [-0.4, -0.2) is 36.5 Å². The highest BCUT2D eigenvalue weighted by atomic mass is 16.5. The van der Waals surface area contributed by atoms with E-state index in [0.29, 0.717) is 13.2 Å². The normalized spacial score (nSPS) is 19.2. The summed E-state index contributed by atoms with van der Waals surface area (Å²) in [7, 11) is 0. The number of rotatable bonds is 7. The van der Waals surface area contributed by atoms with Crippen LogP contribution in [0.1, 0.15) is 59.3 Å². The number of amides is 1. The molecule has 0 bridgehead atoms. The first kappa shape index (κ1) is 17.0. The number of nitrogens with zero attached hydrogens (tertiary/aromatic N) is 1. The zero-order chi connectivity index (χ0) is 15.0. The molecule has 1 rings (SSSR count). The molecule has 0 aromatic heterocycles. The van der Waals surface area contributed by atoms with Gasteiger partial charge in [0.05, 0.1) is 12.5 Å². The molecule has 0 saturated carbocycles. The molecule has 0 radical (unpaired) electrons. The summed E-state index contributed by atoms with van der Waals surface area (Å²) in [4.78, 5) is 26.3. The number of carbonyl (C=O) groups excluding carboxylic acids is 2. The second kappa shape index (κ2) is 8.98. The third kappa shape index (κ3) is 4.80. The van der Waals surface area contributed by atoms with Crippen molar-refractivity contribution in [1.82, 2.24) is 4.90 Å². The van der Waals surface area contributed by atoms with Gasteiger partial charge in [-0.05, 0) is 32.6 Å². The summed E-state index contributed by atoms with van der Waals surface area (Å²) < 4.78 is 5.09. The van der Waals surface area contributed by atoms with E-state index < -0.39 is 0 Å². The minimum absolute atomic E-state index is 0.128. The molecule has 1 atom stereocenters. The summed E-state index contributed by atoms with van der Waals surface area (Å²) in [6.45, 7) is 7.81. The molecule has 20 heavy (non-hydrogen) atoms. The van der Waals surface area contributed by atoms with E-state index >= 15 is 0 Å². The summed E-state index contributed by atoms with van der Waals surface area (Å²) >= 11 is 0. The maximum Gasteiger partial charge on any atom is 0.310 e. The van der Waals surface area contributed by atoms with Crippen molar-refractivity contribution in [2.45, 2.75) is 59.3 Å². The van der Waals surface area contributed by atoms with Gasteiger partial charge in [-0.1, -0.05) is 26.7 Å². The number of esters is 1. The second-order valence-corrected chi connectivity index (χ2v) is 5.65. The topological polar surface area (TPSA) is 46.6 Å². The lowest BCUT2D eigenvalue weighted by molar-refractivity contribution is -0.152. The van der Waals surface area contributed by atoms with E-state index in [-0.39, 0.29) is 23.7 Å². The molecule has 4 nitrogen and oxygen atoms in total. The third-order valence-corrected chi connectivity index (χ3v) is 3.98. The van der Waals surface area contributed by atoms with Crippen molar-refractivity contribution in [3.8, 4) is 0 Å². The largest absolute Gasteiger partial charge is 0.466 e. The Morgan fingerprint density at radius 1 is 1.20 bits per heavy atom. The Hall–Kier alpha value is -1.06. The van der Waals surface area contributed by atoms with Gasteiger partial charge in [0, 0.05) is 19.0 Å². The van der Waals surface area contributed by atoms with Crippen LogP contribution in [0.3, 0.4) is 0 Å². The van der Waals surface area contributed by atoms with Crippen LogP contribution in [0.15, 0.2) is 0 Å². The van der Waals surface area contributed by atoms with E-state index in [0.717, 1.165) is 45.1 Å². The molecule has 0 unspecified atom stereocenters. The zero-order valence-corrected chi connectivity index (χ0v) is 13.2. The molecular formula is C16H29NO3. The quantitative estimate of drug-likeness (QED) is 0.675. The Labute approximate surface area is 122 Å². The first-order valence-electron chi connectivity index (χ1n) is 8.09. The Balaban J connectivity index is 2.60. The van der Waals surface area contributed by atoms with E-state index in [2.05, 4.69) is 13.8 Å². The van der Waals surface area contributed by atoms with E-state index in [4.69, 9.17) is 4.74 Å². The number of likely N-dealkylation sites (tertiary alicyclic amines) is 1. The van der Waals surface area contributed by atoms with Gasteiger partial charge in [-0.3, -0.25) is 9.59 Å². The molecule has 0 aromatic rings. The van der Waals surface area contributed by atoms with Crippen molar-refractivity contribution in [2.75, 3.05) is 19.7 Å². The molecule has 1 aliphatic heterocycles. The average Bonchev–Trinajstić information content (AvgIpc) is 2.46. The second-order valence-electron chi connectivity index (χ2n) is 5.65. The van der Waals surface area contributed by atoms with Crippen LogP contribution in [0.5, 0.6) is 0 Å². The van der Waals surface area contributed by atoms with Gasteiger partial charge in [0.15, 0.2) is 0 Å². The molecule has 1 saturated heterocycles. The number of ether oxygens (including phenoxy) is 1. The lowest BCUT2D eigenvalue weighted by atomic mass is 9.93. The molecule has 0 spiro atoms. The van der Waals surface area contributed by atoms with E-state index in [1.165, 1.54) is 0 Å². The van der Waals surface area contributed by atoms with Crippen LogP contribution in [0.2, 0.25) is 0 Å². The molecule has 0 aromatic carbocycles. The lowest BCUT2D eigenvalue weighted by Crippen LogP contribution is -2.45. The van der Waals surface area contributed by atoms with Crippen molar-refractivity contribution in [3.63, 3.8) is 0 Å². The van der Waals surface area contributed by atoms with Crippen molar-refractivity contribution in [1.29, 1.82) is 0 Å². The molecule has 1 amide bonds. The predicted molar refractivity (Wildman–Crippen MR) is 79.2 cm³/mol. The predicted octanol–water partition coefficient (Wildman–Crippen LogP) is 3.00. The van der Waals surface area contributed by atoms with Gasteiger partial charge < -0.3 is 9.64 Å². The summed E-state index contributed by atoms with van der Waals surface area (Å²) in [5, 5.41) is 0. The average molecular weight is 283 g/mol. The highest BCUT2D eigenvalue weighted by Gasteiger charge is 2.31. The minimum atomic E-state index is -0.146. The van der Waals surface area contributed by atoms with Crippen LogP contribution >= 0.6 is 0 Å². The Morgan fingerprint density at radius 2 is 1.85 bits per heavy atom. The Morgan fingerprint density at radius 3 is 2.40 bits per heavy atom. The first-order chi connectivity index (χ1) is 9.63. The van der Waals surface area contributed by atoms with E-state index in [9.17, 15) is 9.59 Å². The van der Waals surface area contributed by atoms with Crippen LogP contribution in [0.25, 0.3) is 0 Å². The van der Waals surface area contributed by atoms with Crippen molar-refractivity contribution >= 4 is 11.9 Å². The van der Waals surface area contributed by atoms with Gasteiger partial charge in [-0.25, -0.2) is 0 Å². The number of piperidine rings is 1.